The first-order valence-corrected chi connectivity index (χ1v) is 9.13. The number of piperidine rings is 1. The molecule has 3 aromatic rings. The Balaban J connectivity index is 1.40. The van der Waals surface area contributed by atoms with Crippen molar-refractivity contribution < 1.29 is 5.11 Å². The van der Waals surface area contributed by atoms with E-state index in [0.29, 0.717) is 0 Å². The van der Waals surface area contributed by atoms with E-state index in [0.717, 1.165) is 54.8 Å². The van der Waals surface area contributed by atoms with E-state index in [4.69, 9.17) is 0 Å². The minimum atomic E-state index is -0.501. The van der Waals surface area contributed by atoms with Crippen LogP contribution in [0.25, 0.3) is 10.9 Å². The maximum Gasteiger partial charge on any atom is 0.189 e. The van der Waals surface area contributed by atoms with Gasteiger partial charge in [-0.2, -0.15) is 0 Å². The Bertz CT molecular complexity index is 931. The van der Waals surface area contributed by atoms with Crippen LogP contribution in [0.3, 0.4) is 0 Å². The summed E-state index contributed by atoms with van der Waals surface area (Å²) in [5.41, 5.74) is 2.65. The lowest BCUT2D eigenvalue weighted by Crippen LogP contribution is -2.35. The first-order chi connectivity index (χ1) is 12.7. The van der Waals surface area contributed by atoms with Gasteiger partial charge >= 0.3 is 0 Å². The van der Waals surface area contributed by atoms with Gasteiger partial charge in [0, 0.05) is 35.4 Å². The van der Waals surface area contributed by atoms with E-state index in [-0.39, 0.29) is 11.3 Å². The van der Waals surface area contributed by atoms with Gasteiger partial charge in [-0.25, -0.2) is 0 Å². The lowest BCUT2D eigenvalue weighted by Gasteiger charge is -2.34. The Hall–Kier alpha value is -2.50. The number of hydrogen-bond donors (Lipinski definition) is 2. The fourth-order valence-corrected chi connectivity index (χ4v) is 3.80. The summed E-state index contributed by atoms with van der Waals surface area (Å²) in [4.78, 5) is 22.2. The van der Waals surface area contributed by atoms with Crippen molar-refractivity contribution in [1.82, 2.24) is 14.9 Å². The number of benzene rings is 1. The molecule has 2 N–H and O–H groups in total. The molecule has 134 valence electrons. The number of nitrogens with zero attached hydrogens (tertiary/aromatic N) is 2. The van der Waals surface area contributed by atoms with Gasteiger partial charge in [0.15, 0.2) is 5.43 Å². The molecule has 4 rings (SSSR count). The normalized spacial score (nSPS) is 17.4. The zero-order chi connectivity index (χ0) is 17.9. The zero-order valence-electron chi connectivity index (χ0n) is 14.6. The Labute approximate surface area is 152 Å². The standard InChI is InChI=1S/C21H23N3O2/c25-20-13-16(23-18-6-2-1-5-17(18)20)14-24-11-8-15(9-12-24)21(26)19-7-3-4-10-22-19/h1-7,10,13,15,21,26H,8-9,11-12,14H2,(H,23,25)/t21-/m0/s1. The van der Waals surface area contributed by atoms with E-state index in [1.807, 2.05) is 42.5 Å². The molecule has 1 aromatic carbocycles. The fourth-order valence-electron chi connectivity index (χ4n) is 3.80. The van der Waals surface area contributed by atoms with Crippen LogP contribution < -0.4 is 5.43 Å². The second-order valence-corrected chi connectivity index (χ2v) is 7.02. The number of hydrogen-bond acceptors (Lipinski definition) is 4. The summed E-state index contributed by atoms with van der Waals surface area (Å²) in [6.45, 7) is 2.54. The largest absolute Gasteiger partial charge is 0.387 e. The van der Waals surface area contributed by atoms with Crippen molar-refractivity contribution in [2.24, 2.45) is 5.92 Å². The molecule has 0 unspecified atom stereocenters. The number of para-hydroxylation sites is 1. The van der Waals surface area contributed by atoms with Crippen molar-refractivity contribution in [2.45, 2.75) is 25.5 Å². The van der Waals surface area contributed by atoms with E-state index >= 15 is 0 Å². The maximum absolute atomic E-state index is 12.3. The summed E-state index contributed by atoms with van der Waals surface area (Å²) in [6, 6.07) is 15.0. The van der Waals surface area contributed by atoms with Crippen LogP contribution in [0.15, 0.2) is 59.5 Å². The van der Waals surface area contributed by atoms with E-state index in [1.54, 1.807) is 12.3 Å². The molecule has 3 heterocycles. The monoisotopic (exact) mass is 349 g/mol. The highest BCUT2D eigenvalue weighted by Gasteiger charge is 2.27. The number of likely N-dealkylation sites (tertiary alicyclic amines) is 1. The molecule has 0 amide bonds. The predicted octanol–water partition coefficient (Wildman–Crippen LogP) is 2.87. The van der Waals surface area contributed by atoms with Crippen LogP contribution in [-0.4, -0.2) is 33.1 Å². The third kappa shape index (κ3) is 3.54. The van der Waals surface area contributed by atoms with Gasteiger partial charge in [0.2, 0.25) is 0 Å². The lowest BCUT2D eigenvalue weighted by molar-refractivity contribution is 0.0537. The van der Waals surface area contributed by atoms with Gasteiger partial charge in [-0.3, -0.25) is 14.7 Å². The van der Waals surface area contributed by atoms with Crippen molar-refractivity contribution in [1.29, 1.82) is 0 Å². The molecule has 0 bridgehead atoms. The topological polar surface area (TPSA) is 69.2 Å². The second-order valence-electron chi connectivity index (χ2n) is 7.02. The minimum absolute atomic E-state index is 0.0646. The Morgan fingerprint density at radius 2 is 1.92 bits per heavy atom. The number of aromatic nitrogens is 2. The average molecular weight is 349 g/mol. The van der Waals surface area contributed by atoms with Gasteiger partial charge in [0.1, 0.15) is 0 Å². The molecule has 2 aromatic heterocycles. The van der Waals surface area contributed by atoms with E-state index < -0.39 is 6.10 Å². The summed E-state index contributed by atoms with van der Waals surface area (Å²) in [6.07, 6.45) is 3.08. The molecular formula is C21H23N3O2. The SMILES string of the molecule is O=c1cc(CN2CCC([C@H](O)c3ccccn3)CC2)[nH]c2ccccc12. The molecular weight excluding hydrogens is 326 g/mol. The van der Waals surface area contributed by atoms with Gasteiger partial charge in [0.05, 0.1) is 11.8 Å². The highest BCUT2D eigenvalue weighted by atomic mass is 16.3. The molecule has 5 nitrogen and oxygen atoms in total. The maximum atomic E-state index is 12.3. The van der Waals surface area contributed by atoms with Crippen LogP contribution in [0, 0.1) is 5.92 Å². The number of aliphatic hydroxyl groups is 1. The second kappa shape index (κ2) is 7.40. The first kappa shape index (κ1) is 16.9. The van der Waals surface area contributed by atoms with Crippen LogP contribution in [-0.2, 0) is 6.54 Å². The van der Waals surface area contributed by atoms with Crippen LogP contribution in [0.5, 0.6) is 0 Å². The summed E-state index contributed by atoms with van der Waals surface area (Å²) in [5, 5.41) is 11.3. The molecule has 0 radical (unpaired) electrons. The predicted molar refractivity (Wildman–Crippen MR) is 102 cm³/mol. The fraction of sp³-hybridized carbons (Fsp3) is 0.333. The van der Waals surface area contributed by atoms with Crippen LogP contribution in [0.2, 0.25) is 0 Å². The van der Waals surface area contributed by atoms with Crippen LogP contribution >= 0.6 is 0 Å². The number of fused-ring (bicyclic) bond motifs is 1. The van der Waals surface area contributed by atoms with Crippen molar-refractivity contribution >= 4 is 10.9 Å². The molecule has 26 heavy (non-hydrogen) atoms. The number of H-pyrrole nitrogens is 1. The van der Waals surface area contributed by atoms with Gasteiger partial charge in [-0.1, -0.05) is 18.2 Å². The van der Waals surface area contributed by atoms with E-state index in [2.05, 4.69) is 14.9 Å². The van der Waals surface area contributed by atoms with E-state index in [9.17, 15) is 9.90 Å². The van der Waals surface area contributed by atoms with Gasteiger partial charge in [-0.15, -0.1) is 0 Å². The molecule has 1 saturated heterocycles. The van der Waals surface area contributed by atoms with Gasteiger partial charge in [0.25, 0.3) is 0 Å². The molecule has 1 aliphatic heterocycles. The van der Waals surface area contributed by atoms with Gasteiger partial charge in [-0.05, 0) is 56.1 Å². The molecule has 0 saturated carbocycles. The third-order valence-electron chi connectivity index (χ3n) is 5.26. The molecule has 5 heteroatoms. The summed E-state index contributed by atoms with van der Waals surface area (Å²) < 4.78 is 0. The highest BCUT2D eigenvalue weighted by Crippen LogP contribution is 2.30. The smallest absolute Gasteiger partial charge is 0.189 e. The van der Waals surface area contributed by atoms with Crippen molar-refractivity contribution in [2.75, 3.05) is 13.1 Å². The average Bonchev–Trinajstić information content (AvgIpc) is 2.69. The third-order valence-corrected chi connectivity index (χ3v) is 5.26. The number of nitrogens with one attached hydrogen (secondary N) is 1. The summed E-state index contributed by atoms with van der Waals surface area (Å²) in [5.74, 6) is 0.233. The van der Waals surface area contributed by atoms with Crippen LogP contribution in [0.4, 0.5) is 0 Å². The number of aliphatic hydroxyl groups excluding tert-OH is 1. The molecule has 1 fully saturated rings. The highest BCUT2D eigenvalue weighted by molar-refractivity contribution is 5.78. The number of aromatic amines is 1. The summed E-state index contributed by atoms with van der Waals surface area (Å²) >= 11 is 0. The first-order valence-electron chi connectivity index (χ1n) is 9.13. The Kier molecular flexibility index (Phi) is 4.82. The molecule has 1 atom stereocenters. The lowest BCUT2D eigenvalue weighted by atomic mass is 9.89. The summed E-state index contributed by atoms with van der Waals surface area (Å²) in [7, 11) is 0. The van der Waals surface area contributed by atoms with Crippen molar-refractivity contribution in [3.05, 3.63) is 76.3 Å². The van der Waals surface area contributed by atoms with Gasteiger partial charge < -0.3 is 10.1 Å². The zero-order valence-corrected chi connectivity index (χ0v) is 14.6. The van der Waals surface area contributed by atoms with Crippen LogP contribution in [0.1, 0.15) is 30.3 Å². The minimum Gasteiger partial charge on any atom is -0.387 e. The quantitative estimate of drug-likeness (QED) is 0.760. The van der Waals surface area contributed by atoms with E-state index in [1.165, 1.54) is 0 Å². The Morgan fingerprint density at radius 3 is 2.69 bits per heavy atom. The van der Waals surface area contributed by atoms with Crippen molar-refractivity contribution in [3.8, 4) is 0 Å². The molecule has 1 aliphatic rings. The molecule has 0 aliphatic carbocycles. The molecule has 0 spiro atoms. The Morgan fingerprint density at radius 1 is 1.15 bits per heavy atom. The van der Waals surface area contributed by atoms with Crippen molar-refractivity contribution in [3.63, 3.8) is 0 Å². The number of pyridine rings is 2. The number of rotatable bonds is 4.